The van der Waals surface area contributed by atoms with E-state index in [2.05, 4.69) is 25.2 Å². The number of nitrogens with zero attached hydrogens (tertiary/aromatic N) is 7. The van der Waals surface area contributed by atoms with Crippen molar-refractivity contribution in [1.82, 2.24) is 29.9 Å². The Morgan fingerprint density at radius 3 is 2.65 bits per heavy atom. The Kier molecular flexibility index (Phi) is 3.21. The molecule has 0 radical (unpaired) electrons. The van der Waals surface area contributed by atoms with Gasteiger partial charge in [-0.2, -0.15) is 0 Å². The summed E-state index contributed by atoms with van der Waals surface area (Å²) in [5.41, 5.74) is 1.48. The summed E-state index contributed by atoms with van der Waals surface area (Å²) in [6.07, 6.45) is 1.55. The fraction of sp³-hybridized carbons (Fsp3) is 0.583. The molecule has 20 heavy (non-hydrogen) atoms. The number of hydrogen-bond donors (Lipinski definition) is 0. The second kappa shape index (κ2) is 5.03. The standard InChI is InChI=1S/C12H17N7O/c1-3-19-12-10(15-16-19)11(13-8-14-12)18-6-4-17(5-7-18)9(2)20/h8H,3-7H2,1-2H3. The van der Waals surface area contributed by atoms with Gasteiger partial charge in [-0.25, -0.2) is 14.6 Å². The highest BCUT2D eigenvalue weighted by Gasteiger charge is 2.22. The van der Waals surface area contributed by atoms with Crippen LogP contribution >= 0.6 is 0 Å². The largest absolute Gasteiger partial charge is 0.351 e. The summed E-state index contributed by atoms with van der Waals surface area (Å²) in [5.74, 6) is 0.923. The van der Waals surface area contributed by atoms with Gasteiger partial charge in [-0.15, -0.1) is 5.10 Å². The molecule has 0 atom stereocenters. The number of amides is 1. The van der Waals surface area contributed by atoms with Crippen LogP contribution < -0.4 is 4.90 Å². The molecule has 0 aromatic carbocycles. The molecule has 3 rings (SSSR count). The fourth-order valence-corrected chi connectivity index (χ4v) is 2.46. The molecule has 2 aromatic heterocycles. The number of carbonyl (C=O) groups is 1. The number of rotatable bonds is 2. The average Bonchev–Trinajstić information content (AvgIpc) is 2.90. The maximum atomic E-state index is 11.4. The highest BCUT2D eigenvalue weighted by molar-refractivity contribution is 5.82. The lowest BCUT2D eigenvalue weighted by Crippen LogP contribution is -2.48. The highest BCUT2D eigenvalue weighted by atomic mass is 16.2. The molecule has 106 valence electrons. The molecule has 1 amide bonds. The Morgan fingerprint density at radius 1 is 1.25 bits per heavy atom. The molecule has 3 heterocycles. The minimum absolute atomic E-state index is 0.120. The lowest BCUT2D eigenvalue weighted by atomic mass is 10.3. The third kappa shape index (κ3) is 2.06. The topological polar surface area (TPSA) is 80.0 Å². The van der Waals surface area contributed by atoms with Gasteiger partial charge in [0, 0.05) is 39.6 Å². The fourth-order valence-electron chi connectivity index (χ4n) is 2.46. The molecule has 0 spiro atoms. The number of hydrogen-bond acceptors (Lipinski definition) is 6. The van der Waals surface area contributed by atoms with Crippen molar-refractivity contribution in [1.29, 1.82) is 0 Å². The van der Waals surface area contributed by atoms with Gasteiger partial charge in [0.05, 0.1) is 0 Å². The molecular weight excluding hydrogens is 258 g/mol. The minimum atomic E-state index is 0.120. The second-order valence-electron chi connectivity index (χ2n) is 4.77. The Bertz CT molecular complexity index is 630. The van der Waals surface area contributed by atoms with E-state index in [4.69, 9.17) is 0 Å². The van der Waals surface area contributed by atoms with Gasteiger partial charge in [0.25, 0.3) is 0 Å². The summed E-state index contributed by atoms with van der Waals surface area (Å²) >= 11 is 0. The first-order chi connectivity index (χ1) is 9.70. The molecule has 1 saturated heterocycles. The van der Waals surface area contributed by atoms with Gasteiger partial charge in [0.15, 0.2) is 17.0 Å². The summed E-state index contributed by atoms with van der Waals surface area (Å²) in [6, 6.07) is 0. The van der Waals surface area contributed by atoms with Crippen molar-refractivity contribution in [2.45, 2.75) is 20.4 Å². The number of carbonyl (C=O) groups excluding carboxylic acids is 1. The zero-order valence-electron chi connectivity index (χ0n) is 11.7. The van der Waals surface area contributed by atoms with Crippen molar-refractivity contribution in [3.63, 3.8) is 0 Å². The van der Waals surface area contributed by atoms with Gasteiger partial charge >= 0.3 is 0 Å². The van der Waals surface area contributed by atoms with Crippen LogP contribution in [0.5, 0.6) is 0 Å². The normalized spacial score (nSPS) is 15.9. The maximum absolute atomic E-state index is 11.4. The first-order valence-electron chi connectivity index (χ1n) is 6.75. The number of fused-ring (bicyclic) bond motifs is 1. The van der Waals surface area contributed by atoms with E-state index < -0.39 is 0 Å². The molecule has 1 fully saturated rings. The predicted molar refractivity (Wildman–Crippen MR) is 73.3 cm³/mol. The first kappa shape index (κ1) is 12.8. The summed E-state index contributed by atoms with van der Waals surface area (Å²) in [6.45, 7) is 7.26. The summed E-state index contributed by atoms with van der Waals surface area (Å²) in [7, 11) is 0. The van der Waals surface area contributed by atoms with Crippen LogP contribution in [-0.4, -0.2) is 61.9 Å². The Labute approximate surface area is 116 Å². The SMILES string of the molecule is CCn1nnc2c(N3CCN(C(C)=O)CC3)ncnc21. The van der Waals surface area contributed by atoms with Crippen molar-refractivity contribution >= 4 is 22.9 Å². The lowest BCUT2D eigenvalue weighted by Gasteiger charge is -2.34. The quantitative estimate of drug-likeness (QED) is 0.762. The van der Waals surface area contributed by atoms with E-state index in [1.54, 1.807) is 17.9 Å². The van der Waals surface area contributed by atoms with Crippen LogP contribution in [0.4, 0.5) is 5.82 Å². The highest BCUT2D eigenvalue weighted by Crippen LogP contribution is 2.21. The predicted octanol–water partition coefficient (Wildman–Crippen LogP) is -0.0903. The van der Waals surface area contributed by atoms with Crippen molar-refractivity contribution in [3.8, 4) is 0 Å². The Hall–Kier alpha value is -2.25. The van der Waals surface area contributed by atoms with E-state index in [9.17, 15) is 4.79 Å². The van der Waals surface area contributed by atoms with Gasteiger partial charge in [0.2, 0.25) is 5.91 Å². The van der Waals surface area contributed by atoms with Gasteiger partial charge in [0.1, 0.15) is 6.33 Å². The minimum Gasteiger partial charge on any atom is -0.351 e. The number of piperazine rings is 1. The molecule has 1 aliphatic rings. The van der Waals surface area contributed by atoms with Crippen LogP contribution in [0.15, 0.2) is 6.33 Å². The number of anilines is 1. The van der Waals surface area contributed by atoms with Crippen LogP contribution in [0, 0.1) is 0 Å². The third-order valence-corrected chi connectivity index (χ3v) is 3.60. The van der Waals surface area contributed by atoms with Crippen molar-refractivity contribution in [3.05, 3.63) is 6.33 Å². The van der Waals surface area contributed by atoms with Crippen molar-refractivity contribution in [2.75, 3.05) is 31.1 Å². The van der Waals surface area contributed by atoms with E-state index in [0.717, 1.165) is 36.6 Å². The first-order valence-corrected chi connectivity index (χ1v) is 6.75. The van der Waals surface area contributed by atoms with E-state index in [0.29, 0.717) is 13.1 Å². The third-order valence-electron chi connectivity index (χ3n) is 3.60. The number of aryl methyl sites for hydroxylation is 1. The molecule has 8 heteroatoms. The van der Waals surface area contributed by atoms with Gasteiger partial charge < -0.3 is 9.80 Å². The molecule has 8 nitrogen and oxygen atoms in total. The van der Waals surface area contributed by atoms with Crippen molar-refractivity contribution < 1.29 is 4.79 Å². The number of aromatic nitrogens is 5. The van der Waals surface area contributed by atoms with E-state index >= 15 is 0 Å². The summed E-state index contributed by atoms with van der Waals surface area (Å²) in [4.78, 5) is 23.9. The molecule has 1 aliphatic heterocycles. The molecule has 0 unspecified atom stereocenters. The Balaban J connectivity index is 1.88. The Morgan fingerprint density at radius 2 is 2.00 bits per heavy atom. The van der Waals surface area contributed by atoms with Crippen LogP contribution in [0.2, 0.25) is 0 Å². The second-order valence-corrected chi connectivity index (χ2v) is 4.77. The van der Waals surface area contributed by atoms with E-state index in [1.165, 1.54) is 0 Å². The van der Waals surface area contributed by atoms with E-state index in [-0.39, 0.29) is 5.91 Å². The summed E-state index contributed by atoms with van der Waals surface area (Å²) in [5, 5.41) is 8.27. The van der Waals surface area contributed by atoms with Crippen molar-refractivity contribution in [2.24, 2.45) is 0 Å². The molecule has 2 aromatic rings. The zero-order chi connectivity index (χ0) is 14.1. The van der Waals surface area contributed by atoms with Gasteiger partial charge in [-0.3, -0.25) is 4.79 Å². The molecule has 0 N–H and O–H groups in total. The van der Waals surface area contributed by atoms with E-state index in [1.807, 2.05) is 11.8 Å². The van der Waals surface area contributed by atoms with Crippen LogP contribution in [-0.2, 0) is 11.3 Å². The molecule has 0 saturated carbocycles. The van der Waals surface area contributed by atoms with Gasteiger partial charge in [-0.05, 0) is 6.92 Å². The molecule has 0 aliphatic carbocycles. The van der Waals surface area contributed by atoms with Gasteiger partial charge in [-0.1, -0.05) is 5.21 Å². The smallest absolute Gasteiger partial charge is 0.219 e. The maximum Gasteiger partial charge on any atom is 0.219 e. The van der Waals surface area contributed by atoms with Crippen LogP contribution in [0.1, 0.15) is 13.8 Å². The zero-order valence-corrected chi connectivity index (χ0v) is 11.7. The van der Waals surface area contributed by atoms with Crippen LogP contribution in [0.25, 0.3) is 11.2 Å². The molecular formula is C12H17N7O. The van der Waals surface area contributed by atoms with Crippen LogP contribution in [0.3, 0.4) is 0 Å². The monoisotopic (exact) mass is 275 g/mol. The molecule has 0 bridgehead atoms. The lowest BCUT2D eigenvalue weighted by molar-refractivity contribution is -0.129. The summed E-state index contributed by atoms with van der Waals surface area (Å²) < 4.78 is 1.76. The average molecular weight is 275 g/mol.